The highest BCUT2D eigenvalue weighted by Crippen LogP contribution is 2.15. The van der Waals surface area contributed by atoms with Crippen molar-refractivity contribution in [3.8, 4) is 5.69 Å². The van der Waals surface area contributed by atoms with Gasteiger partial charge in [0.05, 0.1) is 11.9 Å². The van der Waals surface area contributed by atoms with E-state index in [9.17, 15) is 4.79 Å². The van der Waals surface area contributed by atoms with E-state index >= 15 is 0 Å². The number of benzene rings is 2. The van der Waals surface area contributed by atoms with Crippen LogP contribution in [0.25, 0.3) is 5.69 Å². The minimum absolute atomic E-state index is 0.0575. The molecule has 0 saturated carbocycles. The molecule has 2 heterocycles. The molecule has 0 aliphatic carbocycles. The van der Waals surface area contributed by atoms with Crippen molar-refractivity contribution in [2.24, 2.45) is 0 Å². The van der Waals surface area contributed by atoms with Gasteiger partial charge in [-0.25, -0.2) is 4.68 Å². The molecule has 4 rings (SSSR count). The van der Waals surface area contributed by atoms with Crippen molar-refractivity contribution >= 4 is 5.91 Å². The van der Waals surface area contributed by atoms with E-state index in [1.165, 1.54) is 5.56 Å². The van der Waals surface area contributed by atoms with Gasteiger partial charge in [0.1, 0.15) is 5.69 Å². The quantitative estimate of drug-likeness (QED) is 0.760. The predicted molar refractivity (Wildman–Crippen MR) is 106 cm³/mol. The number of carbonyl (C=O) groups is 1. The van der Waals surface area contributed by atoms with Crippen molar-refractivity contribution in [1.29, 1.82) is 0 Å². The maximum Gasteiger partial charge on any atom is 0.270 e. The summed E-state index contributed by atoms with van der Waals surface area (Å²) in [5.41, 5.74) is 2.81. The molecule has 1 saturated heterocycles. The lowest BCUT2D eigenvalue weighted by Gasteiger charge is -2.32. The minimum Gasteiger partial charge on any atom is -0.348 e. The third-order valence-electron chi connectivity index (χ3n) is 5.05. The molecule has 1 fully saturated rings. The summed E-state index contributed by atoms with van der Waals surface area (Å²) in [5.74, 6) is -0.0575. The van der Waals surface area contributed by atoms with E-state index in [0.717, 1.165) is 38.2 Å². The maximum absolute atomic E-state index is 12.8. The number of para-hydroxylation sites is 1. The van der Waals surface area contributed by atoms with Gasteiger partial charge in [-0.3, -0.25) is 9.69 Å². The Labute approximate surface area is 159 Å². The van der Waals surface area contributed by atoms with Crippen LogP contribution < -0.4 is 5.32 Å². The van der Waals surface area contributed by atoms with Crippen LogP contribution in [0.15, 0.2) is 72.9 Å². The number of aromatic nitrogens is 2. The Hall–Kier alpha value is -2.92. The first-order chi connectivity index (χ1) is 13.3. The average molecular weight is 360 g/mol. The smallest absolute Gasteiger partial charge is 0.270 e. The predicted octanol–water partition coefficient (Wildman–Crippen LogP) is 3.27. The van der Waals surface area contributed by atoms with E-state index in [4.69, 9.17) is 0 Å². The third-order valence-corrected chi connectivity index (χ3v) is 5.05. The molecular weight excluding hydrogens is 336 g/mol. The van der Waals surface area contributed by atoms with Crippen LogP contribution in [0.2, 0.25) is 0 Å². The molecule has 1 aliphatic rings. The number of hydrogen-bond acceptors (Lipinski definition) is 3. The summed E-state index contributed by atoms with van der Waals surface area (Å²) in [6.45, 7) is 2.97. The van der Waals surface area contributed by atoms with Gasteiger partial charge in [-0.1, -0.05) is 48.5 Å². The summed E-state index contributed by atoms with van der Waals surface area (Å²) in [6, 6.07) is 22.3. The second kappa shape index (κ2) is 8.18. The molecule has 1 aliphatic heterocycles. The molecule has 1 amide bonds. The average Bonchev–Trinajstić information content (AvgIpc) is 3.21. The van der Waals surface area contributed by atoms with Crippen molar-refractivity contribution in [2.45, 2.75) is 25.4 Å². The Bertz CT molecular complexity index is 868. The lowest BCUT2D eigenvalue weighted by atomic mass is 10.0. The first-order valence-electron chi connectivity index (χ1n) is 9.46. The van der Waals surface area contributed by atoms with Gasteiger partial charge in [0, 0.05) is 25.7 Å². The molecule has 27 heavy (non-hydrogen) atoms. The fourth-order valence-corrected chi connectivity index (χ4v) is 3.59. The zero-order valence-electron chi connectivity index (χ0n) is 15.3. The largest absolute Gasteiger partial charge is 0.348 e. The van der Waals surface area contributed by atoms with Crippen LogP contribution in [0.3, 0.4) is 0 Å². The van der Waals surface area contributed by atoms with Crippen LogP contribution >= 0.6 is 0 Å². The lowest BCUT2D eigenvalue weighted by Crippen LogP contribution is -2.44. The van der Waals surface area contributed by atoms with Crippen molar-refractivity contribution < 1.29 is 4.79 Å². The van der Waals surface area contributed by atoms with Crippen LogP contribution in [0.4, 0.5) is 0 Å². The lowest BCUT2D eigenvalue weighted by molar-refractivity contribution is 0.0901. The number of nitrogens with one attached hydrogen (secondary N) is 1. The van der Waals surface area contributed by atoms with Crippen LogP contribution in [0, 0.1) is 0 Å². The normalized spacial score (nSPS) is 15.6. The van der Waals surface area contributed by atoms with Gasteiger partial charge in [-0.2, -0.15) is 5.10 Å². The zero-order chi connectivity index (χ0) is 18.5. The second-order valence-electron chi connectivity index (χ2n) is 6.97. The van der Waals surface area contributed by atoms with Gasteiger partial charge in [0.25, 0.3) is 5.91 Å². The summed E-state index contributed by atoms with van der Waals surface area (Å²) in [7, 11) is 0. The highest BCUT2D eigenvalue weighted by molar-refractivity contribution is 5.93. The number of nitrogens with zero attached hydrogens (tertiary/aromatic N) is 3. The Kier molecular flexibility index (Phi) is 5.30. The summed E-state index contributed by atoms with van der Waals surface area (Å²) in [4.78, 5) is 15.2. The molecule has 0 radical (unpaired) electrons. The number of rotatable bonds is 5. The number of hydrogen-bond donors (Lipinski definition) is 1. The molecule has 1 N–H and O–H groups in total. The third kappa shape index (κ3) is 4.26. The van der Waals surface area contributed by atoms with E-state index in [0.29, 0.717) is 5.69 Å². The van der Waals surface area contributed by atoms with Gasteiger partial charge in [0.15, 0.2) is 0 Å². The second-order valence-corrected chi connectivity index (χ2v) is 6.97. The number of piperidine rings is 1. The van der Waals surface area contributed by atoms with Crippen molar-refractivity contribution in [3.05, 3.63) is 84.2 Å². The topological polar surface area (TPSA) is 50.2 Å². The molecule has 2 aromatic carbocycles. The Morgan fingerprint density at radius 2 is 1.63 bits per heavy atom. The monoisotopic (exact) mass is 360 g/mol. The van der Waals surface area contributed by atoms with Crippen LogP contribution in [0.5, 0.6) is 0 Å². The standard InChI is InChI=1S/C22H24N4O/c27-22(21-11-14-23-26(21)20-9-5-2-6-10-20)24-19-12-15-25(16-13-19)17-18-7-3-1-4-8-18/h1-11,14,19H,12-13,15-17H2,(H,24,27). The van der Waals surface area contributed by atoms with Gasteiger partial charge < -0.3 is 5.32 Å². The van der Waals surface area contributed by atoms with Gasteiger partial charge in [0.2, 0.25) is 0 Å². The first-order valence-corrected chi connectivity index (χ1v) is 9.46. The molecule has 0 unspecified atom stereocenters. The zero-order valence-corrected chi connectivity index (χ0v) is 15.3. The van der Waals surface area contributed by atoms with E-state index in [-0.39, 0.29) is 11.9 Å². The Balaban J connectivity index is 1.33. The molecule has 5 nitrogen and oxygen atoms in total. The number of amides is 1. The van der Waals surface area contributed by atoms with E-state index in [2.05, 4.69) is 39.6 Å². The van der Waals surface area contributed by atoms with Gasteiger partial charge in [-0.05, 0) is 36.6 Å². The minimum atomic E-state index is -0.0575. The molecule has 138 valence electrons. The highest BCUT2D eigenvalue weighted by atomic mass is 16.2. The molecule has 0 bridgehead atoms. The van der Waals surface area contributed by atoms with E-state index < -0.39 is 0 Å². The molecule has 0 spiro atoms. The summed E-state index contributed by atoms with van der Waals surface area (Å²) < 4.78 is 1.69. The maximum atomic E-state index is 12.8. The SMILES string of the molecule is O=C(NC1CCN(Cc2ccccc2)CC1)c1ccnn1-c1ccccc1. The van der Waals surface area contributed by atoms with Crippen LogP contribution in [-0.2, 0) is 6.54 Å². The van der Waals surface area contributed by atoms with Crippen molar-refractivity contribution in [1.82, 2.24) is 20.0 Å². The number of likely N-dealkylation sites (tertiary alicyclic amines) is 1. The Morgan fingerprint density at radius 3 is 2.33 bits per heavy atom. The van der Waals surface area contributed by atoms with Crippen molar-refractivity contribution in [2.75, 3.05) is 13.1 Å². The first kappa shape index (κ1) is 17.5. The molecule has 1 aromatic heterocycles. The fourth-order valence-electron chi connectivity index (χ4n) is 3.59. The van der Waals surface area contributed by atoms with Crippen LogP contribution in [0.1, 0.15) is 28.9 Å². The van der Waals surface area contributed by atoms with Gasteiger partial charge >= 0.3 is 0 Å². The molecule has 5 heteroatoms. The molecule has 3 aromatic rings. The fraction of sp³-hybridized carbons (Fsp3) is 0.273. The van der Waals surface area contributed by atoms with E-state index in [1.54, 1.807) is 16.9 Å². The summed E-state index contributed by atoms with van der Waals surface area (Å²) in [5, 5.41) is 7.50. The Morgan fingerprint density at radius 1 is 0.963 bits per heavy atom. The molecular formula is C22H24N4O. The van der Waals surface area contributed by atoms with Gasteiger partial charge in [-0.15, -0.1) is 0 Å². The highest BCUT2D eigenvalue weighted by Gasteiger charge is 2.22. The number of carbonyl (C=O) groups excluding carboxylic acids is 1. The van der Waals surface area contributed by atoms with Crippen molar-refractivity contribution in [3.63, 3.8) is 0 Å². The summed E-state index contributed by atoms with van der Waals surface area (Å²) >= 11 is 0. The summed E-state index contributed by atoms with van der Waals surface area (Å²) in [6.07, 6.45) is 3.61. The van der Waals surface area contributed by atoms with E-state index in [1.807, 2.05) is 36.4 Å². The van der Waals surface area contributed by atoms with Crippen LogP contribution in [-0.4, -0.2) is 39.7 Å². The molecule has 0 atom stereocenters.